The van der Waals surface area contributed by atoms with Crippen molar-refractivity contribution in [2.75, 3.05) is 0 Å². The highest BCUT2D eigenvalue weighted by molar-refractivity contribution is 5.94. The van der Waals surface area contributed by atoms with Gasteiger partial charge in [0.2, 0.25) is 5.91 Å². The Balaban J connectivity index is 2.94. The van der Waals surface area contributed by atoms with Gasteiger partial charge in [0, 0.05) is 24.4 Å². The Morgan fingerprint density at radius 1 is 1.53 bits per heavy atom. The molecule has 0 spiro atoms. The van der Waals surface area contributed by atoms with E-state index in [9.17, 15) is 9.59 Å². The molecule has 6 heteroatoms. The lowest BCUT2D eigenvalue weighted by atomic mass is 10.0. The van der Waals surface area contributed by atoms with Gasteiger partial charge < -0.3 is 16.6 Å². The van der Waals surface area contributed by atoms with Gasteiger partial charge in [-0.1, -0.05) is 0 Å². The summed E-state index contributed by atoms with van der Waals surface area (Å²) in [4.78, 5) is 25.3. The quantitative estimate of drug-likeness (QED) is 0.595. The van der Waals surface area contributed by atoms with Crippen LogP contribution in [0.3, 0.4) is 0 Å². The Hall–Kier alpha value is -1.95. The fourth-order valence-corrected chi connectivity index (χ4v) is 1.15. The number of hydrogen-bond acceptors (Lipinski definition) is 4. The lowest BCUT2D eigenvalue weighted by Gasteiger charge is -2.08. The van der Waals surface area contributed by atoms with Crippen molar-refractivity contribution in [2.24, 2.45) is 11.5 Å². The Bertz CT molecular complexity index is 392. The summed E-state index contributed by atoms with van der Waals surface area (Å²) in [6.07, 6.45) is 2.83. The van der Waals surface area contributed by atoms with E-state index in [1.54, 1.807) is 0 Å². The second kappa shape index (κ2) is 4.52. The van der Waals surface area contributed by atoms with Gasteiger partial charge in [0.15, 0.2) is 0 Å². The second-order valence-corrected chi connectivity index (χ2v) is 3.05. The molecular formula is C9H11N3O3. The maximum atomic E-state index is 11.0. The van der Waals surface area contributed by atoms with E-state index in [1.807, 2.05) is 0 Å². The van der Waals surface area contributed by atoms with Crippen molar-refractivity contribution in [3.63, 3.8) is 0 Å². The molecule has 1 rings (SSSR count). The maximum Gasteiger partial charge on any atom is 0.320 e. The molecule has 0 radical (unpaired) electrons. The van der Waals surface area contributed by atoms with Crippen molar-refractivity contribution in [3.05, 3.63) is 29.6 Å². The third-order valence-electron chi connectivity index (χ3n) is 1.93. The topological polar surface area (TPSA) is 119 Å². The number of carboxylic acids is 1. The van der Waals surface area contributed by atoms with Crippen LogP contribution in [-0.4, -0.2) is 28.0 Å². The van der Waals surface area contributed by atoms with E-state index < -0.39 is 17.9 Å². The van der Waals surface area contributed by atoms with Crippen molar-refractivity contribution >= 4 is 11.9 Å². The zero-order chi connectivity index (χ0) is 11.4. The minimum Gasteiger partial charge on any atom is -0.480 e. The van der Waals surface area contributed by atoms with E-state index in [0.717, 1.165) is 0 Å². The van der Waals surface area contributed by atoms with Crippen LogP contribution in [-0.2, 0) is 11.2 Å². The number of aromatic nitrogens is 1. The van der Waals surface area contributed by atoms with Crippen LogP contribution in [0.2, 0.25) is 0 Å². The fourth-order valence-electron chi connectivity index (χ4n) is 1.15. The van der Waals surface area contributed by atoms with E-state index >= 15 is 0 Å². The maximum absolute atomic E-state index is 11.0. The average molecular weight is 209 g/mol. The third-order valence-corrected chi connectivity index (χ3v) is 1.93. The zero-order valence-corrected chi connectivity index (χ0v) is 7.88. The molecule has 0 saturated heterocycles. The highest BCUT2D eigenvalue weighted by Crippen LogP contribution is 2.08. The number of aliphatic carboxylic acids is 1. The molecule has 5 N–H and O–H groups in total. The number of nitrogens with two attached hydrogens (primary N) is 2. The molecule has 0 aliphatic rings. The first-order chi connectivity index (χ1) is 7.02. The van der Waals surface area contributed by atoms with Crippen LogP contribution in [0.1, 0.15) is 15.9 Å². The molecule has 15 heavy (non-hydrogen) atoms. The van der Waals surface area contributed by atoms with Gasteiger partial charge in [-0.25, -0.2) is 0 Å². The minimum atomic E-state index is -1.13. The summed E-state index contributed by atoms with van der Waals surface area (Å²) in [5, 5.41) is 8.61. The number of amides is 1. The number of nitrogens with zero attached hydrogens (tertiary/aromatic N) is 1. The lowest BCUT2D eigenvalue weighted by molar-refractivity contribution is -0.138. The average Bonchev–Trinajstić information content (AvgIpc) is 2.18. The van der Waals surface area contributed by atoms with Crippen LogP contribution in [0.25, 0.3) is 0 Å². The smallest absolute Gasteiger partial charge is 0.320 e. The molecule has 1 atom stereocenters. The molecule has 0 saturated carbocycles. The summed E-state index contributed by atoms with van der Waals surface area (Å²) < 4.78 is 0. The third kappa shape index (κ3) is 2.75. The number of hydrogen-bond donors (Lipinski definition) is 3. The van der Waals surface area contributed by atoms with Crippen molar-refractivity contribution in [3.8, 4) is 0 Å². The minimum absolute atomic E-state index is 0.0292. The van der Waals surface area contributed by atoms with Crippen LogP contribution in [0.5, 0.6) is 0 Å². The number of pyridine rings is 1. The molecule has 0 aromatic carbocycles. The molecule has 80 valence electrons. The van der Waals surface area contributed by atoms with E-state index in [4.69, 9.17) is 16.6 Å². The molecule has 1 aromatic rings. The molecule has 0 fully saturated rings. The largest absolute Gasteiger partial charge is 0.480 e. The van der Waals surface area contributed by atoms with Gasteiger partial charge in [-0.2, -0.15) is 0 Å². The Morgan fingerprint density at radius 3 is 2.73 bits per heavy atom. The van der Waals surface area contributed by atoms with Crippen LogP contribution >= 0.6 is 0 Å². The first kappa shape index (κ1) is 11.1. The molecule has 1 amide bonds. The number of carboxylic acid groups (broad SMARTS) is 1. The van der Waals surface area contributed by atoms with Crippen molar-refractivity contribution < 1.29 is 14.7 Å². The van der Waals surface area contributed by atoms with E-state index in [0.29, 0.717) is 5.56 Å². The van der Waals surface area contributed by atoms with Crippen LogP contribution < -0.4 is 11.5 Å². The molecular weight excluding hydrogens is 198 g/mol. The van der Waals surface area contributed by atoms with Gasteiger partial charge in [0.05, 0.1) is 0 Å². The van der Waals surface area contributed by atoms with E-state index in [-0.39, 0.29) is 12.0 Å². The number of carbonyl (C=O) groups excluding carboxylic acids is 1. The normalized spacial score (nSPS) is 12.1. The standard InChI is InChI=1S/C9H11N3O3/c10-7(9(14)15)3-5-4-12-2-1-6(5)8(11)13/h1-2,4,7H,3,10H2,(H2,11,13)(H,14,15)/t7-/m0/s1. The molecule has 0 unspecified atom stereocenters. The molecule has 0 aliphatic heterocycles. The Labute approximate surface area is 85.9 Å². The number of primary amides is 1. The van der Waals surface area contributed by atoms with Crippen LogP contribution in [0.15, 0.2) is 18.5 Å². The van der Waals surface area contributed by atoms with Gasteiger partial charge in [0.1, 0.15) is 6.04 Å². The summed E-state index contributed by atoms with van der Waals surface area (Å²) >= 11 is 0. The first-order valence-electron chi connectivity index (χ1n) is 4.23. The zero-order valence-electron chi connectivity index (χ0n) is 7.88. The predicted octanol–water partition coefficient (Wildman–Crippen LogP) is -0.865. The SMILES string of the molecule is NC(=O)c1ccncc1C[C@H](N)C(=O)O. The molecule has 1 heterocycles. The van der Waals surface area contributed by atoms with Gasteiger partial charge in [-0.3, -0.25) is 14.6 Å². The highest BCUT2D eigenvalue weighted by atomic mass is 16.4. The van der Waals surface area contributed by atoms with E-state index in [1.165, 1.54) is 18.5 Å². The van der Waals surface area contributed by atoms with Crippen molar-refractivity contribution in [1.29, 1.82) is 0 Å². The van der Waals surface area contributed by atoms with Gasteiger partial charge in [0.25, 0.3) is 0 Å². The summed E-state index contributed by atoms with van der Waals surface area (Å²) in [5.41, 5.74) is 11.1. The molecule has 1 aromatic heterocycles. The van der Waals surface area contributed by atoms with Crippen LogP contribution in [0.4, 0.5) is 0 Å². The van der Waals surface area contributed by atoms with Crippen LogP contribution in [0, 0.1) is 0 Å². The fraction of sp³-hybridized carbons (Fsp3) is 0.222. The monoisotopic (exact) mass is 209 g/mol. The Kier molecular flexibility index (Phi) is 3.35. The van der Waals surface area contributed by atoms with Gasteiger partial charge in [-0.05, 0) is 11.6 Å². The second-order valence-electron chi connectivity index (χ2n) is 3.05. The lowest BCUT2D eigenvalue weighted by Crippen LogP contribution is -2.33. The van der Waals surface area contributed by atoms with Crippen molar-refractivity contribution in [1.82, 2.24) is 4.98 Å². The molecule has 6 nitrogen and oxygen atoms in total. The Morgan fingerprint density at radius 2 is 2.20 bits per heavy atom. The summed E-state index contributed by atoms with van der Waals surface area (Å²) in [5.74, 6) is -1.75. The predicted molar refractivity (Wildman–Crippen MR) is 52.1 cm³/mol. The number of rotatable bonds is 4. The molecule has 0 bridgehead atoms. The van der Waals surface area contributed by atoms with E-state index in [2.05, 4.69) is 4.98 Å². The van der Waals surface area contributed by atoms with Crippen molar-refractivity contribution in [2.45, 2.75) is 12.5 Å². The highest BCUT2D eigenvalue weighted by Gasteiger charge is 2.16. The summed E-state index contributed by atoms with van der Waals surface area (Å²) in [6, 6.07) is 0.374. The summed E-state index contributed by atoms with van der Waals surface area (Å²) in [6.45, 7) is 0. The molecule has 0 aliphatic carbocycles. The number of carbonyl (C=O) groups is 2. The first-order valence-corrected chi connectivity index (χ1v) is 4.23. The van der Waals surface area contributed by atoms with Gasteiger partial charge in [-0.15, -0.1) is 0 Å². The van der Waals surface area contributed by atoms with Gasteiger partial charge >= 0.3 is 5.97 Å². The summed E-state index contributed by atoms with van der Waals surface area (Å²) in [7, 11) is 0.